The van der Waals surface area contributed by atoms with Gasteiger partial charge in [0.15, 0.2) is 0 Å². The molecule has 0 saturated carbocycles. The molecule has 0 fully saturated rings. The van der Waals surface area contributed by atoms with Gasteiger partial charge < -0.3 is 9.84 Å². The van der Waals surface area contributed by atoms with E-state index in [1.165, 1.54) is 50.5 Å². The fourth-order valence-electron chi connectivity index (χ4n) is 2.34. The van der Waals surface area contributed by atoms with Crippen LogP contribution in [0, 0.1) is 6.92 Å². The lowest BCUT2D eigenvalue weighted by Gasteiger charge is -2.11. The average molecular weight is 278 g/mol. The van der Waals surface area contributed by atoms with Crippen LogP contribution in [0.3, 0.4) is 0 Å². The van der Waals surface area contributed by atoms with Crippen molar-refractivity contribution in [3.8, 4) is 5.75 Å². The van der Waals surface area contributed by atoms with Crippen LogP contribution in [0.4, 0.5) is 0 Å². The van der Waals surface area contributed by atoms with Crippen LogP contribution in [0.25, 0.3) is 0 Å². The Labute approximate surface area is 124 Å². The molecule has 0 aliphatic heterocycles. The van der Waals surface area contributed by atoms with Crippen molar-refractivity contribution in [1.82, 2.24) is 0 Å². The molecule has 0 spiro atoms. The molecule has 2 heteroatoms. The molecule has 0 radical (unpaired) electrons. The monoisotopic (exact) mass is 278 g/mol. The first kappa shape index (κ1) is 17.0. The molecule has 0 aliphatic rings. The summed E-state index contributed by atoms with van der Waals surface area (Å²) in [6.07, 6.45) is 10.5. The van der Waals surface area contributed by atoms with Gasteiger partial charge >= 0.3 is 0 Å². The summed E-state index contributed by atoms with van der Waals surface area (Å²) in [5.41, 5.74) is 2.06. The van der Waals surface area contributed by atoms with Crippen molar-refractivity contribution in [2.45, 2.75) is 71.8 Å². The number of ether oxygens (including phenoxy) is 1. The molecule has 114 valence electrons. The highest BCUT2D eigenvalue weighted by Gasteiger charge is 2.02. The summed E-state index contributed by atoms with van der Waals surface area (Å²) in [7, 11) is 0. The fraction of sp³-hybridized carbons (Fsp3) is 0.667. The SMILES string of the molecule is CCCCCCCCCCOc1cc(C)ccc1CO. The zero-order valence-corrected chi connectivity index (χ0v) is 13.2. The van der Waals surface area contributed by atoms with Crippen molar-refractivity contribution in [3.63, 3.8) is 0 Å². The van der Waals surface area contributed by atoms with Gasteiger partial charge in [-0.2, -0.15) is 0 Å². The van der Waals surface area contributed by atoms with E-state index in [9.17, 15) is 5.11 Å². The van der Waals surface area contributed by atoms with Crippen LogP contribution in [0.5, 0.6) is 5.75 Å². The van der Waals surface area contributed by atoms with Crippen LogP contribution in [0.15, 0.2) is 18.2 Å². The third-order valence-electron chi connectivity index (χ3n) is 3.65. The van der Waals surface area contributed by atoms with E-state index in [0.29, 0.717) is 0 Å². The molecule has 0 aromatic heterocycles. The second kappa shape index (κ2) is 10.7. The van der Waals surface area contributed by atoms with Crippen LogP contribution in [-0.2, 0) is 6.61 Å². The topological polar surface area (TPSA) is 29.5 Å². The van der Waals surface area contributed by atoms with Gasteiger partial charge in [0.25, 0.3) is 0 Å². The Balaban J connectivity index is 2.10. The second-order valence-corrected chi connectivity index (χ2v) is 5.59. The van der Waals surface area contributed by atoms with E-state index in [1.807, 2.05) is 25.1 Å². The Hall–Kier alpha value is -1.02. The average Bonchev–Trinajstić information content (AvgIpc) is 2.46. The molecular formula is C18H30O2. The Morgan fingerprint density at radius 2 is 1.60 bits per heavy atom. The molecule has 2 nitrogen and oxygen atoms in total. The van der Waals surface area contributed by atoms with Gasteiger partial charge in [-0.05, 0) is 25.0 Å². The molecule has 0 aliphatic carbocycles. The van der Waals surface area contributed by atoms with Crippen molar-refractivity contribution in [2.75, 3.05) is 6.61 Å². The second-order valence-electron chi connectivity index (χ2n) is 5.59. The first-order chi connectivity index (χ1) is 9.77. The van der Waals surface area contributed by atoms with Crippen molar-refractivity contribution >= 4 is 0 Å². The predicted octanol–water partition coefficient (Wildman–Crippen LogP) is 5.01. The number of aryl methyl sites for hydroxylation is 1. The maximum Gasteiger partial charge on any atom is 0.125 e. The molecule has 20 heavy (non-hydrogen) atoms. The molecule has 1 rings (SSSR count). The van der Waals surface area contributed by atoms with Crippen LogP contribution in [0.1, 0.15) is 69.4 Å². The molecule has 1 aromatic rings. The third kappa shape index (κ3) is 6.95. The molecular weight excluding hydrogens is 248 g/mol. The Morgan fingerprint density at radius 1 is 0.950 bits per heavy atom. The predicted molar refractivity (Wildman–Crippen MR) is 85.2 cm³/mol. The Bertz CT molecular complexity index is 360. The van der Waals surface area contributed by atoms with Crippen molar-refractivity contribution in [2.24, 2.45) is 0 Å². The molecule has 0 bridgehead atoms. The minimum absolute atomic E-state index is 0.0487. The Kier molecular flexibility index (Phi) is 9.14. The maximum absolute atomic E-state index is 9.27. The zero-order chi connectivity index (χ0) is 14.6. The molecule has 0 atom stereocenters. The third-order valence-corrected chi connectivity index (χ3v) is 3.65. The molecule has 0 amide bonds. The molecule has 0 unspecified atom stereocenters. The van der Waals surface area contributed by atoms with E-state index in [-0.39, 0.29) is 6.61 Å². The van der Waals surface area contributed by atoms with E-state index in [2.05, 4.69) is 6.92 Å². The molecule has 1 aromatic carbocycles. The summed E-state index contributed by atoms with van der Waals surface area (Å²) in [4.78, 5) is 0. The van der Waals surface area contributed by atoms with Gasteiger partial charge in [0.2, 0.25) is 0 Å². The highest BCUT2D eigenvalue weighted by molar-refractivity contribution is 5.36. The summed E-state index contributed by atoms with van der Waals surface area (Å²) in [5.74, 6) is 0.843. The molecule has 0 heterocycles. The highest BCUT2D eigenvalue weighted by Crippen LogP contribution is 2.20. The normalized spacial score (nSPS) is 10.8. The molecule has 0 saturated heterocycles. The van der Waals surface area contributed by atoms with Crippen molar-refractivity contribution < 1.29 is 9.84 Å². The van der Waals surface area contributed by atoms with Crippen LogP contribution < -0.4 is 4.74 Å². The first-order valence-electron chi connectivity index (χ1n) is 8.11. The minimum Gasteiger partial charge on any atom is -0.493 e. The standard InChI is InChI=1S/C18H30O2/c1-3-4-5-6-7-8-9-10-13-20-18-14-16(2)11-12-17(18)15-19/h11-12,14,19H,3-10,13,15H2,1-2H3. The number of hydrogen-bond acceptors (Lipinski definition) is 2. The van der Waals surface area contributed by atoms with E-state index in [4.69, 9.17) is 4.74 Å². The highest BCUT2D eigenvalue weighted by atomic mass is 16.5. The van der Waals surface area contributed by atoms with Gasteiger partial charge in [0, 0.05) is 5.56 Å². The fourth-order valence-corrected chi connectivity index (χ4v) is 2.34. The van der Waals surface area contributed by atoms with Gasteiger partial charge in [0.05, 0.1) is 13.2 Å². The van der Waals surface area contributed by atoms with Crippen molar-refractivity contribution in [3.05, 3.63) is 29.3 Å². The van der Waals surface area contributed by atoms with Crippen LogP contribution >= 0.6 is 0 Å². The van der Waals surface area contributed by atoms with E-state index in [1.54, 1.807) is 0 Å². The minimum atomic E-state index is 0.0487. The van der Waals surface area contributed by atoms with Gasteiger partial charge in [-0.1, -0.05) is 64.0 Å². The Morgan fingerprint density at radius 3 is 2.25 bits per heavy atom. The lowest BCUT2D eigenvalue weighted by Crippen LogP contribution is -2.01. The summed E-state index contributed by atoms with van der Waals surface area (Å²) in [6, 6.07) is 5.96. The molecule has 1 N–H and O–H groups in total. The summed E-state index contributed by atoms with van der Waals surface area (Å²) >= 11 is 0. The van der Waals surface area contributed by atoms with Gasteiger partial charge in [-0.3, -0.25) is 0 Å². The van der Waals surface area contributed by atoms with Gasteiger partial charge in [-0.25, -0.2) is 0 Å². The quantitative estimate of drug-likeness (QED) is 0.577. The number of aliphatic hydroxyl groups excluding tert-OH is 1. The summed E-state index contributed by atoms with van der Waals surface area (Å²) in [6.45, 7) is 5.10. The van der Waals surface area contributed by atoms with Gasteiger partial charge in [0.1, 0.15) is 5.75 Å². The smallest absolute Gasteiger partial charge is 0.125 e. The van der Waals surface area contributed by atoms with Gasteiger partial charge in [-0.15, -0.1) is 0 Å². The van der Waals surface area contributed by atoms with E-state index >= 15 is 0 Å². The lowest BCUT2D eigenvalue weighted by molar-refractivity contribution is 0.259. The lowest BCUT2D eigenvalue weighted by atomic mass is 10.1. The summed E-state index contributed by atoms with van der Waals surface area (Å²) < 4.78 is 5.79. The number of benzene rings is 1. The van der Waals surface area contributed by atoms with Crippen LogP contribution in [-0.4, -0.2) is 11.7 Å². The maximum atomic E-state index is 9.27. The van der Waals surface area contributed by atoms with Crippen LogP contribution in [0.2, 0.25) is 0 Å². The zero-order valence-electron chi connectivity index (χ0n) is 13.2. The first-order valence-corrected chi connectivity index (χ1v) is 8.11. The number of aliphatic hydroxyl groups is 1. The van der Waals surface area contributed by atoms with E-state index in [0.717, 1.165) is 24.3 Å². The number of rotatable bonds is 11. The summed E-state index contributed by atoms with van der Waals surface area (Å²) in [5, 5.41) is 9.27. The van der Waals surface area contributed by atoms with E-state index < -0.39 is 0 Å². The number of hydrogen-bond donors (Lipinski definition) is 1. The number of unbranched alkanes of at least 4 members (excludes halogenated alkanes) is 7. The largest absolute Gasteiger partial charge is 0.493 e. The van der Waals surface area contributed by atoms with Crippen molar-refractivity contribution in [1.29, 1.82) is 0 Å².